The molecule has 0 aliphatic heterocycles. The number of nitrogens with zero attached hydrogens (tertiary/aromatic N) is 2. The topological polar surface area (TPSA) is 54.6 Å². The second kappa shape index (κ2) is 5.50. The molecule has 80 valence electrons. The zero-order valence-electron chi connectivity index (χ0n) is 8.22. The molecule has 0 aromatic carbocycles. The van der Waals surface area contributed by atoms with E-state index >= 15 is 0 Å². The molecule has 0 saturated carbocycles. The Morgan fingerprint density at radius 3 is 2.87 bits per heavy atom. The van der Waals surface area contributed by atoms with Crippen LogP contribution < -0.4 is 0 Å². The van der Waals surface area contributed by atoms with Crippen LogP contribution in [0.15, 0.2) is 35.3 Å². The maximum Gasteiger partial charge on any atom is 0.303 e. The summed E-state index contributed by atoms with van der Waals surface area (Å²) in [6.45, 7) is 1.60. The molecule has 0 spiro atoms. The van der Waals surface area contributed by atoms with E-state index in [-0.39, 0.29) is 6.42 Å². The largest absolute Gasteiger partial charge is 0.481 e. The van der Waals surface area contributed by atoms with Gasteiger partial charge in [0.25, 0.3) is 0 Å². The summed E-state index contributed by atoms with van der Waals surface area (Å²) in [5, 5.41) is 7.72. The Morgan fingerprint density at radius 2 is 2.27 bits per heavy atom. The maximum absolute atomic E-state index is 9.37. The third-order valence-corrected chi connectivity index (χ3v) is 2.14. The first-order chi connectivity index (χ1) is 7.13. The third-order valence-electron chi connectivity index (χ3n) is 1.67. The molecule has 2 rings (SSSR count). The van der Waals surface area contributed by atoms with Crippen LogP contribution in [0, 0.1) is 0 Å². The second-order valence-electron chi connectivity index (χ2n) is 2.82. The molecule has 0 saturated heterocycles. The zero-order valence-corrected chi connectivity index (χ0v) is 9.81. The number of hydrogen-bond acceptors (Lipinski definition) is 2. The molecular weight excluding hydrogens is 260 g/mol. The molecule has 2 aromatic heterocycles. The number of carbonyl (C=O) groups is 1. The van der Waals surface area contributed by atoms with Gasteiger partial charge in [0.2, 0.25) is 0 Å². The summed E-state index contributed by atoms with van der Waals surface area (Å²) in [7, 11) is 0. The SMILES string of the molecule is Brc1ccc2cncn2c1.CCC(=O)O. The van der Waals surface area contributed by atoms with Crippen LogP contribution in [0.5, 0.6) is 0 Å². The van der Waals surface area contributed by atoms with Gasteiger partial charge in [-0.1, -0.05) is 6.92 Å². The minimum absolute atomic E-state index is 0.222. The lowest BCUT2D eigenvalue weighted by Crippen LogP contribution is -1.86. The minimum Gasteiger partial charge on any atom is -0.481 e. The van der Waals surface area contributed by atoms with Gasteiger partial charge in [0.15, 0.2) is 0 Å². The lowest BCUT2D eigenvalue weighted by Gasteiger charge is -1.91. The van der Waals surface area contributed by atoms with Crippen LogP contribution in [0.25, 0.3) is 5.52 Å². The molecular formula is C10H11BrN2O2. The highest BCUT2D eigenvalue weighted by Crippen LogP contribution is 2.10. The van der Waals surface area contributed by atoms with Crippen molar-refractivity contribution < 1.29 is 9.90 Å². The van der Waals surface area contributed by atoms with Gasteiger partial charge in [-0.3, -0.25) is 4.79 Å². The van der Waals surface area contributed by atoms with Gasteiger partial charge in [-0.2, -0.15) is 0 Å². The summed E-state index contributed by atoms with van der Waals surface area (Å²) in [4.78, 5) is 13.4. The van der Waals surface area contributed by atoms with E-state index in [2.05, 4.69) is 20.9 Å². The molecule has 0 fully saturated rings. The number of halogens is 1. The number of pyridine rings is 1. The number of carboxylic acid groups (broad SMARTS) is 1. The van der Waals surface area contributed by atoms with Gasteiger partial charge in [-0.15, -0.1) is 0 Å². The average Bonchev–Trinajstić information content (AvgIpc) is 2.65. The Balaban J connectivity index is 0.000000195. The van der Waals surface area contributed by atoms with E-state index in [9.17, 15) is 4.79 Å². The lowest BCUT2D eigenvalue weighted by atomic mass is 10.4. The fourth-order valence-electron chi connectivity index (χ4n) is 0.893. The van der Waals surface area contributed by atoms with Gasteiger partial charge in [0.1, 0.15) is 0 Å². The standard InChI is InChI=1S/C7H5BrN2.C3H6O2/c8-6-1-2-7-3-9-5-10(7)4-6;1-2-3(4)5/h1-5H;2H2,1H3,(H,4,5). The molecule has 0 aliphatic carbocycles. The van der Waals surface area contributed by atoms with Crippen molar-refractivity contribution in [1.82, 2.24) is 9.38 Å². The van der Waals surface area contributed by atoms with Crippen LogP contribution >= 0.6 is 15.9 Å². The lowest BCUT2D eigenvalue weighted by molar-refractivity contribution is -0.136. The molecule has 0 unspecified atom stereocenters. The van der Waals surface area contributed by atoms with Crippen molar-refractivity contribution in [3.63, 3.8) is 0 Å². The molecule has 4 nitrogen and oxygen atoms in total. The van der Waals surface area contributed by atoms with Crippen molar-refractivity contribution in [3.8, 4) is 0 Å². The van der Waals surface area contributed by atoms with E-state index < -0.39 is 5.97 Å². The minimum atomic E-state index is -0.745. The number of carboxylic acids is 1. The van der Waals surface area contributed by atoms with E-state index in [1.807, 2.05) is 28.9 Å². The first-order valence-electron chi connectivity index (χ1n) is 4.42. The number of rotatable bonds is 1. The van der Waals surface area contributed by atoms with Gasteiger partial charge in [0, 0.05) is 17.1 Å². The number of aliphatic carboxylic acids is 1. The highest BCUT2D eigenvalue weighted by Gasteiger charge is 1.90. The Bertz CT molecular complexity index is 453. The van der Waals surface area contributed by atoms with Crippen molar-refractivity contribution in [3.05, 3.63) is 35.3 Å². The van der Waals surface area contributed by atoms with Crippen LogP contribution in [0.3, 0.4) is 0 Å². The molecule has 1 N–H and O–H groups in total. The van der Waals surface area contributed by atoms with Crippen molar-refractivity contribution in [2.75, 3.05) is 0 Å². The molecule has 2 aromatic rings. The molecule has 0 aliphatic rings. The number of imidazole rings is 1. The van der Waals surface area contributed by atoms with Crippen molar-refractivity contribution in [2.45, 2.75) is 13.3 Å². The van der Waals surface area contributed by atoms with Gasteiger partial charge >= 0.3 is 5.97 Å². The molecule has 0 bridgehead atoms. The third kappa shape index (κ3) is 3.71. The highest BCUT2D eigenvalue weighted by atomic mass is 79.9. The Hall–Kier alpha value is -1.36. The highest BCUT2D eigenvalue weighted by molar-refractivity contribution is 9.10. The first-order valence-corrected chi connectivity index (χ1v) is 5.21. The molecule has 5 heteroatoms. The normalized spacial score (nSPS) is 9.47. The molecule has 15 heavy (non-hydrogen) atoms. The van der Waals surface area contributed by atoms with Crippen LogP contribution in [0.4, 0.5) is 0 Å². The summed E-state index contributed by atoms with van der Waals surface area (Å²) in [6, 6.07) is 4.01. The molecule has 0 atom stereocenters. The van der Waals surface area contributed by atoms with E-state index in [1.54, 1.807) is 13.3 Å². The van der Waals surface area contributed by atoms with Crippen molar-refractivity contribution in [1.29, 1.82) is 0 Å². The van der Waals surface area contributed by atoms with E-state index in [4.69, 9.17) is 5.11 Å². The number of aromatic nitrogens is 2. The predicted octanol–water partition coefficient (Wildman–Crippen LogP) is 2.58. The van der Waals surface area contributed by atoms with Crippen LogP contribution in [0.2, 0.25) is 0 Å². The number of fused-ring (bicyclic) bond motifs is 1. The molecule has 0 radical (unpaired) electrons. The monoisotopic (exact) mass is 270 g/mol. The van der Waals surface area contributed by atoms with Crippen LogP contribution in [0.1, 0.15) is 13.3 Å². The predicted molar refractivity (Wildman–Crippen MR) is 60.8 cm³/mol. The summed E-state index contributed by atoms with van der Waals surface area (Å²) < 4.78 is 3.03. The van der Waals surface area contributed by atoms with Gasteiger partial charge < -0.3 is 9.51 Å². The van der Waals surface area contributed by atoms with E-state index in [0.29, 0.717) is 0 Å². The zero-order chi connectivity index (χ0) is 11.3. The molecule has 0 amide bonds. The van der Waals surface area contributed by atoms with Crippen LogP contribution in [-0.4, -0.2) is 20.5 Å². The quantitative estimate of drug-likeness (QED) is 0.867. The van der Waals surface area contributed by atoms with Gasteiger partial charge in [0.05, 0.1) is 18.0 Å². The van der Waals surface area contributed by atoms with Crippen molar-refractivity contribution >= 4 is 27.4 Å². The average molecular weight is 271 g/mol. The Labute approximate surface area is 95.7 Å². The Kier molecular flexibility index (Phi) is 4.30. The van der Waals surface area contributed by atoms with Crippen molar-refractivity contribution in [2.24, 2.45) is 0 Å². The first kappa shape index (κ1) is 11.7. The summed E-state index contributed by atoms with van der Waals surface area (Å²) in [6.07, 6.45) is 5.80. The van der Waals surface area contributed by atoms with Crippen LogP contribution in [-0.2, 0) is 4.79 Å². The second-order valence-corrected chi connectivity index (χ2v) is 3.74. The summed E-state index contributed by atoms with van der Waals surface area (Å²) >= 11 is 3.37. The Morgan fingerprint density at radius 1 is 1.60 bits per heavy atom. The maximum atomic E-state index is 9.37. The summed E-state index contributed by atoms with van der Waals surface area (Å²) in [5.74, 6) is -0.745. The molecule has 2 heterocycles. The number of hydrogen-bond donors (Lipinski definition) is 1. The van der Waals surface area contributed by atoms with E-state index in [0.717, 1.165) is 9.99 Å². The fourth-order valence-corrected chi connectivity index (χ4v) is 1.25. The fraction of sp³-hybridized carbons (Fsp3) is 0.200. The van der Waals surface area contributed by atoms with Gasteiger partial charge in [-0.05, 0) is 28.1 Å². The van der Waals surface area contributed by atoms with E-state index in [1.165, 1.54) is 0 Å². The summed E-state index contributed by atoms with van der Waals surface area (Å²) in [5.41, 5.74) is 1.11. The van der Waals surface area contributed by atoms with Gasteiger partial charge in [-0.25, -0.2) is 4.98 Å². The smallest absolute Gasteiger partial charge is 0.303 e.